The molecule has 1 amide bonds. The molecule has 0 fully saturated rings. The number of sulfonamides is 1. The Morgan fingerprint density at radius 1 is 0.881 bits per heavy atom. The second kappa shape index (κ2) is 14.3. The highest BCUT2D eigenvalue weighted by molar-refractivity contribution is 7.92. The van der Waals surface area contributed by atoms with E-state index in [-0.39, 0.29) is 4.90 Å². The molecule has 4 rings (SSSR count). The molecule has 42 heavy (non-hydrogen) atoms. The minimum Gasteiger partial charge on any atom is -0.490 e. The maximum Gasteiger partial charge on any atom is 0.264 e. The first kappa shape index (κ1) is 30.3. The number of benzene rings is 4. The molecule has 0 aliphatic carbocycles. The molecular formula is C33H35N3O5S. The van der Waals surface area contributed by atoms with Crippen LogP contribution in [-0.2, 0) is 27.8 Å². The number of aryl methyl sites for hydroxylation is 2. The fraction of sp³-hybridized carbons (Fsp3) is 0.212. The largest absolute Gasteiger partial charge is 0.490 e. The van der Waals surface area contributed by atoms with E-state index in [2.05, 4.69) is 10.5 Å². The van der Waals surface area contributed by atoms with Gasteiger partial charge < -0.3 is 9.47 Å². The van der Waals surface area contributed by atoms with E-state index in [1.54, 1.807) is 54.6 Å². The van der Waals surface area contributed by atoms with Gasteiger partial charge in [0.05, 0.1) is 23.4 Å². The highest BCUT2D eigenvalue weighted by Gasteiger charge is 2.28. The molecule has 4 aromatic rings. The van der Waals surface area contributed by atoms with Gasteiger partial charge in [-0.3, -0.25) is 9.10 Å². The number of hydrogen-bond donors (Lipinski definition) is 1. The topological polar surface area (TPSA) is 97.3 Å². The molecule has 1 N–H and O–H groups in total. The van der Waals surface area contributed by atoms with Crippen molar-refractivity contribution in [2.24, 2.45) is 5.10 Å². The van der Waals surface area contributed by atoms with Crippen LogP contribution in [0.4, 0.5) is 5.69 Å². The Labute approximate surface area is 247 Å². The highest BCUT2D eigenvalue weighted by Crippen LogP contribution is 2.29. The molecule has 0 aromatic heterocycles. The van der Waals surface area contributed by atoms with Crippen LogP contribution in [0.3, 0.4) is 0 Å². The van der Waals surface area contributed by atoms with Gasteiger partial charge in [-0.1, -0.05) is 73.2 Å². The van der Waals surface area contributed by atoms with Gasteiger partial charge in [-0.25, -0.2) is 13.8 Å². The lowest BCUT2D eigenvalue weighted by Gasteiger charge is -2.25. The van der Waals surface area contributed by atoms with E-state index >= 15 is 0 Å². The SMILES string of the molecule is CCOc1cc(/C=N\NC(=O)CN(c2ccccc2CC)S(=O)(=O)c2ccc(C)cc2)ccc1OCc1ccccc1. The van der Waals surface area contributed by atoms with Gasteiger partial charge in [0, 0.05) is 0 Å². The number of para-hydroxylation sites is 1. The second-order valence-corrected chi connectivity index (χ2v) is 11.4. The quantitative estimate of drug-likeness (QED) is 0.156. The van der Waals surface area contributed by atoms with Gasteiger partial charge in [-0.05, 0) is 73.4 Å². The average molecular weight is 586 g/mol. The van der Waals surface area contributed by atoms with E-state index in [9.17, 15) is 13.2 Å². The van der Waals surface area contributed by atoms with Gasteiger partial charge in [0.25, 0.3) is 15.9 Å². The third-order valence-corrected chi connectivity index (χ3v) is 8.22. The predicted octanol–water partition coefficient (Wildman–Crippen LogP) is 5.88. The molecule has 0 saturated heterocycles. The van der Waals surface area contributed by atoms with E-state index in [1.165, 1.54) is 6.21 Å². The number of carbonyl (C=O) groups excluding carboxylic acids is 1. The zero-order valence-corrected chi connectivity index (χ0v) is 24.8. The summed E-state index contributed by atoms with van der Waals surface area (Å²) >= 11 is 0. The van der Waals surface area contributed by atoms with Crippen molar-refractivity contribution >= 4 is 27.8 Å². The molecule has 0 heterocycles. The molecule has 0 saturated carbocycles. The summed E-state index contributed by atoms with van der Waals surface area (Å²) in [5.74, 6) is 0.560. The first-order valence-electron chi connectivity index (χ1n) is 13.7. The van der Waals surface area contributed by atoms with Crippen molar-refractivity contribution in [3.63, 3.8) is 0 Å². The normalized spacial score (nSPS) is 11.3. The lowest BCUT2D eigenvalue weighted by atomic mass is 10.1. The highest BCUT2D eigenvalue weighted by atomic mass is 32.2. The van der Waals surface area contributed by atoms with Crippen LogP contribution < -0.4 is 19.2 Å². The molecule has 218 valence electrons. The number of nitrogens with zero attached hydrogens (tertiary/aromatic N) is 2. The Hall–Kier alpha value is -4.63. The van der Waals surface area contributed by atoms with Crippen molar-refractivity contribution in [1.82, 2.24) is 5.43 Å². The standard InChI is InChI=1S/C33H35N3O5S/c1-4-28-13-9-10-14-30(28)36(42(38,39)29-18-15-25(3)16-19-29)23-33(37)35-34-22-27-17-20-31(32(21-27)40-5-2)41-24-26-11-7-6-8-12-26/h6-22H,4-5,23-24H2,1-3H3,(H,35,37)/b34-22-. The summed E-state index contributed by atoms with van der Waals surface area (Å²) < 4.78 is 40.2. The monoisotopic (exact) mass is 585 g/mol. The molecule has 0 atom stereocenters. The fourth-order valence-corrected chi connectivity index (χ4v) is 5.72. The van der Waals surface area contributed by atoms with Crippen molar-refractivity contribution in [2.45, 2.75) is 38.7 Å². The number of rotatable bonds is 13. The lowest BCUT2D eigenvalue weighted by molar-refractivity contribution is -0.119. The maximum atomic E-state index is 13.7. The van der Waals surface area contributed by atoms with Gasteiger partial charge in [0.15, 0.2) is 11.5 Å². The van der Waals surface area contributed by atoms with E-state index in [1.807, 2.05) is 63.2 Å². The second-order valence-electron chi connectivity index (χ2n) is 9.51. The molecule has 0 spiro atoms. The summed E-state index contributed by atoms with van der Waals surface area (Å²) in [6.07, 6.45) is 2.07. The summed E-state index contributed by atoms with van der Waals surface area (Å²) in [6.45, 7) is 6.11. The third-order valence-electron chi connectivity index (χ3n) is 6.45. The predicted molar refractivity (Wildman–Crippen MR) is 166 cm³/mol. The van der Waals surface area contributed by atoms with Crippen LogP contribution in [0.5, 0.6) is 11.5 Å². The van der Waals surface area contributed by atoms with Crippen molar-refractivity contribution in [1.29, 1.82) is 0 Å². The molecule has 0 unspecified atom stereocenters. The Bertz CT molecular complexity index is 1620. The van der Waals surface area contributed by atoms with Gasteiger partial charge in [0.1, 0.15) is 13.2 Å². The number of ether oxygens (including phenoxy) is 2. The Balaban J connectivity index is 1.50. The van der Waals surface area contributed by atoms with Crippen LogP contribution in [-0.4, -0.2) is 33.7 Å². The number of amides is 1. The molecule has 0 bridgehead atoms. The maximum absolute atomic E-state index is 13.7. The van der Waals surface area contributed by atoms with Gasteiger partial charge >= 0.3 is 0 Å². The number of anilines is 1. The smallest absolute Gasteiger partial charge is 0.264 e. The molecule has 0 radical (unpaired) electrons. The van der Waals surface area contributed by atoms with Crippen LogP contribution >= 0.6 is 0 Å². The molecule has 8 nitrogen and oxygen atoms in total. The fourth-order valence-electron chi connectivity index (χ4n) is 4.26. The van der Waals surface area contributed by atoms with Gasteiger partial charge in [-0.15, -0.1) is 0 Å². The third kappa shape index (κ3) is 7.76. The molecule has 9 heteroatoms. The zero-order chi connectivity index (χ0) is 30.0. The first-order chi connectivity index (χ1) is 20.3. The van der Waals surface area contributed by atoms with Crippen LogP contribution in [0.15, 0.2) is 107 Å². The minimum absolute atomic E-state index is 0.105. The zero-order valence-electron chi connectivity index (χ0n) is 24.0. The van der Waals surface area contributed by atoms with Crippen LogP contribution in [0, 0.1) is 6.92 Å². The van der Waals surface area contributed by atoms with Gasteiger partial charge in [-0.2, -0.15) is 5.10 Å². The Kier molecular flexibility index (Phi) is 10.3. The van der Waals surface area contributed by atoms with Crippen LogP contribution in [0.2, 0.25) is 0 Å². The van der Waals surface area contributed by atoms with E-state index < -0.39 is 22.5 Å². The first-order valence-corrected chi connectivity index (χ1v) is 15.2. The number of hydrazone groups is 1. The average Bonchev–Trinajstić information content (AvgIpc) is 3.00. The van der Waals surface area contributed by atoms with E-state index in [0.29, 0.717) is 42.4 Å². The number of nitrogens with one attached hydrogen (secondary N) is 1. The lowest BCUT2D eigenvalue weighted by Crippen LogP contribution is -2.40. The minimum atomic E-state index is -4.03. The van der Waals surface area contributed by atoms with Crippen molar-refractivity contribution < 1.29 is 22.7 Å². The van der Waals surface area contributed by atoms with Crippen molar-refractivity contribution in [3.8, 4) is 11.5 Å². The Morgan fingerprint density at radius 3 is 2.31 bits per heavy atom. The van der Waals surface area contributed by atoms with Crippen molar-refractivity contribution in [2.75, 3.05) is 17.5 Å². The van der Waals surface area contributed by atoms with Crippen LogP contribution in [0.25, 0.3) is 0 Å². The van der Waals surface area contributed by atoms with Crippen molar-refractivity contribution in [3.05, 3.63) is 119 Å². The van der Waals surface area contributed by atoms with Crippen LogP contribution in [0.1, 0.15) is 36.1 Å². The Morgan fingerprint density at radius 2 is 1.60 bits per heavy atom. The number of carbonyl (C=O) groups is 1. The summed E-state index contributed by atoms with van der Waals surface area (Å²) in [7, 11) is -4.03. The summed E-state index contributed by atoms with van der Waals surface area (Å²) in [5.41, 5.74) is 6.37. The summed E-state index contributed by atoms with van der Waals surface area (Å²) in [6, 6.07) is 28.9. The molecule has 0 aliphatic heterocycles. The molecule has 0 aliphatic rings. The van der Waals surface area contributed by atoms with E-state index in [0.717, 1.165) is 21.0 Å². The summed E-state index contributed by atoms with van der Waals surface area (Å²) in [4.78, 5) is 13.1. The summed E-state index contributed by atoms with van der Waals surface area (Å²) in [5, 5.41) is 4.08. The van der Waals surface area contributed by atoms with E-state index in [4.69, 9.17) is 9.47 Å². The molecular weight excluding hydrogens is 550 g/mol. The van der Waals surface area contributed by atoms with Gasteiger partial charge in [0.2, 0.25) is 0 Å². The molecule has 4 aromatic carbocycles. The number of hydrogen-bond acceptors (Lipinski definition) is 6.